The van der Waals surface area contributed by atoms with Crippen LogP contribution in [-0.2, 0) is 0 Å². The summed E-state index contributed by atoms with van der Waals surface area (Å²) >= 11 is 8.36. The Morgan fingerprint density at radius 3 is 2.52 bits per heavy atom. The SMILES string of the molecule is CC(C)CCOc1ccc(Br)cc1C(=O)NC(=S)NNC(=O)c1ccccc1[N+](=O)[O-]. The number of benzene rings is 2. The number of hydrazine groups is 1. The van der Waals surface area contributed by atoms with Gasteiger partial charge in [0.15, 0.2) is 5.11 Å². The van der Waals surface area contributed by atoms with Crippen molar-refractivity contribution in [1.82, 2.24) is 16.2 Å². The molecular weight excluding hydrogens is 488 g/mol. The van der Waals surface area contributed by atoms with E-state index in [1.165, 1.54) is 24.3 Å². The molecule has 0 heterocycles. The van der Waals surface area contributed by atoms with E-state index in [1.54, 1.807) is 18.2 Å². The molecule has 0 aromatic heterocycles. The van der Waals surface area contributed by atoms with Gasteiger partial charge in [-0.25, -0.2) is 0 Å². The molecule has 2 aromatic rings. The van der Waals surface area contributed by atoms with Crippen LogP contribution in [0.2, 0.25) is 0 Å². The third-order valence-corrected chi connectivity index (χ3v) is 4.70. The molecule has 0 atom stereocenters. The van der Waals surface area contributed by atoms with Crippen LogP contribution in [0.4, 0.5) is 5.69 Å². The number of nitrogens with one attached hydrogen (secondary N) is 3. The zero-order valence-electron chi connectivity index (χ0n) is 16.8. The molecule has 0 unspecified atom stereocenters. The second-order valence-corrected chi connectivity index (χ2v) is 8.13. The Morgan fingerprint density at radius 2 is 1.84 bits per heavy atom. The van der Waals surface area contributed by atoms with Gasteiger partial charge in [0.1, 0.15) is 11.3 Å². The average Bonchev–Trinajstić information content (AvgIpc) is 2.72. The molecule has 2 aromatic carbocycles. The lowest BCUT2D eigenvalue weighted by Crippen LogP contribution is -2.48. The van der Waals surface area contributed by atoms with E-state index in [0.29, 0.717) is 22.7 Å². The number of halogens is 1. The van der Waals surface area contributed by atoms with E-state index < -0.39 is 16.7 Å². The van der Waals surface area contributed by atoms with E-state index in [4.69, 9.17) is 17.0 Å². The number of ether oxygens (including phenoxy) is 1. The molecule has 0 radical (unpaired) electrons. The molecule has 0 aliphatic rings. The zero-order chi connectivity index (χ0) is 23.0. The summed E-state index contributed by atoms with van der Waals surface area (Å²) < 4.78 is 6.40. The van der Waals surface area contributed by atoms with Crippen LogP contribution in [0.25, 0.3) is 0 Å². The maximum Gasteiger partial charge on any atom is 0.282 e. The van der Waals surface area contributed by atoms with Gasteiger partial charge in [-0.15, -0.1) is 0 Å². The lowest BCUT2D eigenvalue weighted by Gasteiger charge is -2.14. The van der Waals surface area contributed by atoms with Crippen molar-refractivity contribution in [3.63, 3.8) is 0 Å². The average molecular weight is 509 g/mol. The van der Waals surface area contributed by atoms with Crippen molar-refractivity contribution in [1.29, 1.82) is 0 Å². The minimum Gasteiger partial charge on any atom is -0.493 e. The molecule has 0 bridgehead atoms. The molecule has 0 aliphatic heterocycles. The van der Waals surface area contributed by atoms with Gasteiger partial charge in [-0.1, -0.05) is 41.9 Å². The van der Waals surface area contributed by atoms with Crippen LogP contribution >= 0.6 is 28.1 Å². The summed E-state index contributed by atoms with van der Waals surface area (Å²) in [5.41, 5.74) is 4.35. The van der Waals surface area contributed by atoms with Crippen LogP contribution in [0.15, 0.2) is 46.9 Å². The molecule has 2 rings (SSSR count). The first kappa shape index (κ1) is 24.2. The predicted molar refractivity (Wildman–Crippen MR) is 123 cm³/mol. The van der Waals surface area contributed by atoms with Crippen molar-refractivity contribution in [2.45, 2.75) is 20.3 Å². The summed E-state index contributed by atoms with van der Waals surface area (Å²) in [6, 6.07) is 10.5. The van der Waals surface area contributed by atoms with E-state index in [-0.39, 0.29) is 21.9 Å². The number of nitrogens with zero attached hydrogens (tertiary/aromatic N) is 1. The van der Waals surface area contributed by atoms with Crippen LogP contribution in [0.5, 0.6) is 5.75 Å². The molecule has 0 aliphatic carbocycles. The highest BCUT2D eigenvalue weighted by Crippen LogP contribution is 2.24. The smallest absolute Gasteiger partial charge is 0.282 e. The maximum atomic E-state index is 12.6. The molecule has 2 amide bonds. The number of carbonyl (C=O) groups excluding carboxylic acids is 2. The fraction of sp³-hybridized carbons (Fsp3) is 0.250. The molecule has 31 heavy (non-hydrogen) atoms. The number of nitro benzene ring substituents is 1. The van der Waals surface area contributed by atoms with E-state index >= 15 is 0 Å². The van der Waals surface area contributed by atoms with E-state index in [1.807, 2.05) is 0 Å². The molecule has 9 nitrogen and oxygen atoms in total. The van der Waals surface area contributed by atoms with Gasteiger partial charge in [0.2, 0.25) is 0 Å². The quantitative estimate of drug-likeness (QED) is 0.295. The molecule has 11 heteroatoms. The number of hydrogen-bond acceptors (Lipinski definition) is 6. The van der Waals surface area contributed by atoms with Gasteiger partial charge >= 0.3 is 0 Å². The number of thiocarbonyl (C=S) groups is 1. The van der Waals surface area contributed by atoms with E-state index in [0.717, 1.165) is 6.42 Å². The second-order valence-electron chi connectivity index (χ2n) is 6.81. The molecule has 0 fully saturated rings. The maximum absolute atomic E-state index is 12.6. The molecule has 164 valence electrons. The summed E-state index contributed by atoms with van der Waals surface area (Å²) in [7, 11) is 0. The highest BCUT2D eigenvalue weighted by molar-refractivity contribution is 9.10. The number of para-hydroxylation sites is 1. The Kier molecular flexibility index (Phi) is 8.88. The third-order valence-electron chi connectivity index (χ3n) is 4.00. The number of nitro groups is 1. The van der Waals surface area contributed by atoms with Crippen LogP contribution in [0, 0.1) is 16.0 Å². The summed E-state index contributed by atoms with van der Waals surface area (Å²) in [5.74, 6) is -0.469. The summed E-state index contributed by atoms with van der Waals surface area (Å²) in [5, 5.41) is 13.3. The predicted octanol–water partition coefficient (Wildman–Crippen LogP) is 3.73. The third kappa shape index (κ3) is 7.30. The van der Waals surface area contributed by atoms with Crippen LogP contribution < -0.4 is 20.9 Å². The molecule has 0 spiro atoms. The molecular formula is C20H21BrN4O5S. The Morgan fingerprint density at radius 1 is 1.13 bits per heavy atom. The Balaban J connectivity index is 2.00. The molecule has 0 saturated heterocycles. The van der Waals surface area contributed by atoms with Gasteiger partial charge in [0.05, 0.1) is 17.1 Å². The van der Waals surface area contributed by atoms with Crippen molar-refractivity contribution in [2.75, 3.05) is 6.61 Å². The normalized spacial score (nSPS) is 10.3. The van der Waals surface area contributed by atoms with Gasteiger partial charge in [-0.05, 0) is 48.8 Å². The van der Waals surface area contributed by atoms with E-state index in [2.05, 4.69) is 45.9 Å². The largest absolute Gasteiger partial charge is 0.493 e. The first-order valence-corrected chi connectivity index (χ1v) is 10.5. The summed E-state index contributed by atoms with van der Waals surface area (Å²) in [4.78, 5) is 35.2. The fourth-order valence-electron chi connectivity index (χ4n) is 2.42. The first-order chi connectivity index (χ1) is 14.7. The Hall–Kier alpha value is -3.05. The summed E-state index contributed by atoms with van der Waals surface area (Å²) in [6.07, 6.45) is 0.828. The van der Waals surface area contributed by atoms with Gasteiger partial charge < -0.3 is 4.74 Å². The van der Waals surface area contributed by atoms with Crippen molar-refractivity contribution in [3.05, 3.63) is 68.2 Å². The number of hydrogen-bond donors (Lipinski definition) is 3. The van der Waals surface area contributed by atoms with Crippen molar-refractivity contribution in [2.24, 2.45) is 5.92 Å². The number of amides is 2. The number of rotatable bonds is 7. The molecule has 0 saturated carbocycles. The lowest BCUT2D eigenvalue weighted by atomic mass is 10.1. The van der Waals surface area contributed by atoms with Crippen LogP contribution in [0.3, 0.4) is 0 Å². The van der Waals surface area contributed by atoms with Gasteiger partial charge in [0.25, 0.3) is 17.5 Å². The minimum absolute atomic E-state index is 0.151. The minimum atomic E-state index is -0.774. The van der Waals surface area contributed by atoms with Gasteiger partial charge in [-0.2, -0.15) is 0 Å². The Bertz CT molecular complexity index is 999. The topological polar surface area (TPSA) is 123 Å². The van der Waals surface area contributed by atoms with Crippen LogP contribution in [-0.4, -0.2) is 28.5 Å². The highest BCUT2D eigenvalue weighted by atomic mass is 79.9. The highest BCUT2D eigenvalue weighted by Gasteiger charge is 2.20. The van der Waals surface area contributed by atoms with Gasteiger partial charge in [-0.3, -0.25) is 35.9 Å². The lowest BCUT2D eigenvalue weighted by molar-refractivity contribution is -0.385. The zero-order valence-corrected chi connectivity index (χ0v) is 19.2. The summed E-state index contributed by atoms with van der Waals surface area (Å²) in [6.45, 7) is 4.59. The second kappa shape index (κ2) is 11.4. The first-order valence-electron chi connectivity index (χ1n) is 9.26. The standard InChI is InChI=1S/C20H21BrN4O5S/c1-12(2)9-10-30-17-8-7-13(21)11-15(17)18(26)22-20(31)24-23-19(27)14-5-3-4-6-16(14)25(28)29/h3-8,11-12H,9-10H2,1-2H3,(H,23,27)(H2,22,24,26,31). The van der Waals surface area contributed by atoms with Crippen LogP contribution in [0.1, 0.15) is 41.0 Å². The van der Waals surface area contributed by atoms with Crippen molar-refractivity contribution < 1.29 is 19.2 Å². The fourth-order valence-corrected chi connectivity index (χ4v) is 2.92. The van der Waals surface area contributed by atoms with E-state index in [9.17, 15) is 19.7 Å². The van der Waals surface area contributed by atoms with Crippen molar-refractivity contribution >= 4 is 50.8 Å². The van der Waals surface area contributed by atoms with Crippen molar-refractivity contribution in [3.8, 4) is 5.75 Å². The number of carbonyl (C=O) groups is 2. The molecule has 3 N–H and O–H groups in total. The Labute approximate surface area is 192 Å². The monoisotopic (exact) mass is 508 g/mol. The van der Waals surface area contributed by atoms with Gasteiger partial charge in [0, 0.05) is 10.5 Å².